The fourth-order valence-electron chi connectivity index (χ4n) is 2.02. The highest BCUT2D eigenvalue weighted by atomic mass is 16.5. The number of hydrogen-bond donors (Lipinski definition) is 1. The number of hydrogen-bond acceptors (Lipinski definition) is 2. The van der Waals surface area contributed by atoms with Crippen molar-refractivity contribution >= 4 is 0 Å². The molecule has 0 radical (unpaired) electrons. The third-order valence-corrected chi connectivity index (χ3v) is 3.19. The fraction of sp³-hybridized carbons (Fsp3) is 0.556. The summed E-state index contributed by atoms with van der Waals surface area (Å²) in [6.45, 7) is 9.34. The van der Waals surface area contributed by atoms with Crippen LogP contribution in [-0.2, 0) is 0 Å². The van der Waals surface area contributed by atoms with Crippen molar-refractivity contribution in [1.29, 1.82) is 0 Å². The zero-order valence-electron chi connectivity index (χ0n) is 13.1. The highest BCUT2D eigenvalue weighted by Gasteiger charge is 2.10. The second-order valence-corrected chi connectivity index (χ2v) is 5.67. The van der Waals surface area contributed by atoms with Crippen LogP contribution in [0.25, 0.3) is 0 Å². The summed E-state index contributed by atoms with van der Waals surface area (Å²) in [7, 11) is 0. The van der Waals surface area contributed by atoms with Crippen LogP contribution >= 0.6 is 0 Å². The smallest absolute Gasteiger partial charge is 0.119 e. The molecule has 0 aliphatic rings. The Kier molecular flexibility index (Phi) is 7.18. The van der Waals surface area contributed by atoms with Gasteiger partial charge in [0.1, 0.15) is 5.75 Å². The molecule has 1 rings (SSSR count). The molecular formula is C18H27NO. The maximum atomic E-state index is 5.69. The van der Waals surface area contributed by atoms with Gasteiger partial charge in [-0.3, -0.25) is 5.32 Å². The summed E-state index contributed by atoms with van der Waals surface area (Å²) in [5, 5.41) is 3.48. The van der Waals surface area contributed by atoms with Crippen molar-refractivity contribution in [3.05, 3.63) is 29.8 Å². The lowest BCUT2D eigenvalue weighted by Crippen LogP contribution is -2.30. The molecule has 20 heavy (non-hydrogen) atoms. The molecule has 0 fully saturated rings. The van der Waals surface area contributed by atoms with Gasteiger partial charge in [0.2, 0.25) is 0 Å². The van der Waals surface area contributed by atoms with Gasteiger partial charge in [-0.15, -0.1) is 6.42 Å². The Labute approximate surface area is 123 Å². The van der Waals surface area contributed by atoms with Crippen LogP contribution in [0.1, 0.15) is 52.1 Å². The maximum absolute atomic E-state index is 5.69. The minimum absolute atomic E-state index is 0.145. The summed E-state index contributed by atoms with van der Waals surface area (Å²) in [6, 6.07) is 8.66. The van der Waals surface area contributed by atoms with Crippen LogP contribution in [0.15, 0.2) is 24.3 Å². The molecule has 0 aliphatic carbocycles. The van der Waals surface area contributed by atoms with E-state index in [9.17, 15) is 0 Å². The Morgan fingerprint density at radius 2 is 1.85 bits per heavy atom. The summed E-state index contributed by atoms with van der Waals surface area (Å²) < 4.78 is 5.69. The van der Waals surface area contributed by atoms with Crippen molar-refractivity contribution in [3.63, 3.8) is 0 Å². The molecular weight excluding hydrogens is 246 g/mol. The summed E-state index contributed by atoms with van der Waals surface area (Å²) in [6.07, 6.45) is 7.65. The van der Waals surface area contributed by atoms with E-state index in [4.69, 9.17) is 11.2 Å². The molecule has 2 heteroatoms. The van der Waals surface area contributed by atoms with Crippen molar-refractivity contribution in [2.75, 3.05) is 6.61 Å². The number of terminal acetylenes is 1. The van der Waals surface area contributed by atoms with Crippen molar-refractivity contribution in [1.82, 2.24) is 5.32 Å². The van der Waals surface area contributed by atoms with Gasteiger partial charge in [-0.2, -0.15) is 0 Å². The highest BCUT2D eigenvalue weighted by Crippen LogP contribution is 2.19. The molecule has 0 bridgehead atoms. The van der Waals surface area contributed by atoms with Gasteiger partial charge in [-0.1, -0.05) is 45.2 Å². The largest absolute Gasteiger partial charge is 0.493 e. The van der Waals surface area contributed by atoms with Crippen molar-refractivity contribution in [2.24, 2.45) is 5.92 Å². The Balaban J connectivity index is 2.56. The van der Waals surface area contributed by atoms with E-state index < -0.39 is 0 Å². The van der Waals surface area contributed by atoms with Crippen molar-refractivity contribution in [2.45, 2.75) is 52.6 Å². The van der Waals surface area contributed by atoms with Gasteiger partial charge >= 0.3 is 0 Å². The van der Waals surface area contributed by atoms with E-state index >= 15 is 0 Å². The number of nitrogens with one attached hydrogen (secondary N) is 1. The summed E-state index contributed by atoms with van der Waals surface area (Å²) >= 11 is 0. The second-order valence-electron chi connectivity index (χ2n) is 5.67. The molecule has 0 spiro atoms. The minimum atomic E-state index is 0.145. The standard InChI is InChI=1S/C18H27NO/c1-6-8-17(7-2)19-15(5)16-9-11-18(12-10-16)20-13-14(3)4/h2,9-12,14-15,17,19H,6,8,13H2,1,3-5H3. The number of ether oxygens (including phenoxy) is 1. The van der Waals surface area contributed by atoms with Crippen LogP contribution in [-0.4, -0.2) is 12.6 Å². The quantitative estimate of drug-likeness (QED) is 0.718. The lowest BCUT2D eigenvalue weighted by atomic mass is 10.1. The zero-order valence-corrected chi connectivity index (χ0v) is 13.1. The van der Waals surface area contributed by atoms with E-state index in [1.807, 2.05) is 12.1 Å². The molecule has 1 N–H and O–H groups in total. The first kappa shape index (κ1) is 16.6. The van der Waals surface area contributed by atoms with Crippen LogP contribution < -0.4 is 10.1 Å². The molecule has 2 nitrogen and oxygen atoms in total. The zero-order chi connectivity index (χ0) is 15.0. The Morgan fingerprint density at radius 3 is 2.35 bits per heavy atom. The van der Waals surface area contributed by atoms with Gasteiger partial charge in [-0.25, -0.2) is 0 Å². The van der Waals surface area contributed by atoms with Gasteiger partial charge in [0.15, 0.2) is 0 Å². The summed E-state index contributed by atoms with van der Waals surface area (Å²) in [4.78, 5) is 0. The number of rotatable bonds is 8. The molecule has 0 heterocycles. The average Bonchev–Trinajstić information content (AvgIpc) is 2.45. The maximum Gasteiger partial charge on any atom is 0.119 e. The van der Waals surface area contributed by atoms with E-state index in [-0.39, 0.29) is 12.1 Å². The first-order valence-corrected chi connectivity index (χ1v) is 7.51. The first-order chi connectivity index (χ1) is 9.56. The first-order valence-electron chi connectivity index (χ1n) is 7.51. The van der Waals surface area contributed by atoms with Gasteiger partial charge < -0.3 is 4.74 Å². The molecule has 0 aliphatic heterocycles. The molecule has 0 aromatic heterocycles. The summed E-state index contributed by atoms with van der Waals surface area (Å²) in [5.74, 6) is 4.28. The molecule has 1 aromatic carbocycles. The predicted octanol–water partition coefficient (Wildman–Crippen LogP) is 4.17. The third-order valence-electron chi connectivity index (χ3n) is 3.19. The van der Waals surface area contributed by atoms with Gasteiger partial charge in [0.05, 0.1) is 12.6 Å². The molecule has 0 saturated carbocycles. The van der Waals surface area contributed by atoms with E-state index in [2.05, 4.69) is 51.1 Å². The van der Waals surface area contributed by atoms with E-state index in [0.29, 0.717) is 5.92 Å². The average molecular weight is 273 g/mol. The normalized spacial score (nSPS) is 13.8. The van der Waals surface area contributed by atoms with Gasteiger partial charge in [0, 0.05) is 6.04 Å². The topological polar surface area (TPSA) is 21.3 Å². The molecule has 0 saturated heterocycles. The monoisotopic (exact) mass is 273 g/mol. The molecule has 2 unspecified atom stereocenters. The summed E-state index contributed by atoms with van der Waals surface area (Å²) in [5.41, 5.74) is 1.23. The van der Waals surface area contributed by atoms with E-state index in [1.165, 1.54) is 5.56 Å². The highest BCUT2D eigenvalue weighted by molar-refractivity contribution is 5.29. The van der Waals surface area contributed by atoms with Crippen LogP contribution in [0.5, 0.6) is 5.75 Å². The van der Waals surface area contributed by atoms with Crippen LogP contribution in [0.4, 0.5) is 0 Å². The Bertz CT molecular complexity index is 416. The van der Waals surface area contributed by atoms with Crippen LogP contribution in [0.3, 0.4) is 0 Å². The van der Waals surface area contributed by atoms with Crippen LogP contribution in [0, 0.1) is 18.3 Å². The van der Waals surface area contributed by atoms with Crippen molar-refractivity contribution in [3.8, 4) is 18.1 Å². The predicted molar refractivity (Wildman–Crippen MR) is 85.9 cm³/mol. The minimum Gasteiger partial charge on any atom is -0.493 e. The fourth-order valence-corrected chi connectivity index (χ4v) is 2.02. The lowest BCUT2D eigenvalue weighted by Gasteiger charge is -2.19. The van der Waals surface area contributed by atoms with E-state index in [0.717, 1.165) is 25.2 Å². The number of benzene rings is 1. The molecule has 2 atom stereocenters. The molecule has 0 amide bonds. The molecule has 110 valence electrons. The Morgan fingerprint density at radius 1 is 1.20 bits per heavy atom. The lowest BCUT2D eigenvalue weighted by molar-refractivity contribution is 0.271. The van der Waals surface area contributed by atoms with Gasteiger partial charge in [0.25, 0.3) is 0 Å². The second kappa shape index (κ2) is 8.66. The third kappa shape index (κ3) is 5.67. The van der Waals surface area contributed by atoms with Gasteiger partial charge in [-0.05, 0) is 37.0 Å². The van der Waals surface area contributed by atoms with Crippen molar-refractivity contribution < 1.29 is 4.74 Å². The van der Waals surface area contributed by atoms with E-state index in [1.54, 1.807) is 0 Å². The molecule has 1 aromatic rings. The Hall–Kier alpha value is -1.46. The van der Waals surface area contributed by atoms with Crippen LogP contribution in [0.2, 0.25) is 0 Å². The SMILES string of the molecule is C#CC(CCC)NC(C)c1ccc(OCC(C)C)cc1.